The minimum atomic E-state index is -2.63. The van der Waals surface area contributed by atoms with Crippen molar-refractivity contribution in [3.05, 3.63) is 175 Å². The Bertz CT molecular complexity index is 2350. The predicted molar refractivity (Wildman–Crippen MR) is 202 cm³/mol. The first-order chi connectivity index (χ1) is 22.7. The van der Waals surface area contributed by atoms with Crippen LogP contribution in [0.3, 0.4) is 0 Å². The Kier molecular flexibility index (Phi) is 6.46. The first-order valence-corrected chi connectivity index (χ1v) is 18.7. The predicted octanol–water partition coefficient (Wildman–Crippen LogP) is 9.54. The van der Waals surface area contributed by atoms with Gasteiger partial charge in [0, 0.05) is 42.3 Å². The first-order valence-electron chi connectivity index (χ1n) is 15.5. The fraction of sp³-hybridized carbons (Fsp3) is 0. The Morgan fingerprint density at radius 2 is 1.04 bits per heavy atom. The van der Waals surface area contributed by atoms with E-state index in [1.165, 1.54) is 52.0 Å². The van der Waals surface area contributed by atoms with E-state index in [2.05, 4.69) is 169 Å². The SMILES string of the molecule is Clc1ccc2c(c1)[Si](c1ccccc1)(c1ccccc1)c1ccc(N(c3ccccc3)c3ccc4c(c3)sc3ccccc34)cc1-2. The third-order valence-corrected chi connectivity index (χ3v) is 15.6. The molecule has 0 aliphatic carbocycles. The normalized spacial score (nSPS) is 13.1. The molecule has 46 heavy (non-hydrogen) atoms. The molecule has 1 aromatic heterocycles. The van der Waals surface area contributed by atoms with Crippen LogP contribution in [0.1, 0.15) is 0 Å². The van der Waals surface area contributed by atoms with Crippen molar-refractivity contribution in [2.45, 2.75) is 0 Å². The highest BCUT2D eigenvalue weighted by Crippen LogP contribution is 2.42. The number of thiophene rings is 1. The monoisotopic (exact) mass is 641 g/mol. The molecule has 0 fully saturated rings. The Hall–Kier alpha value is -4.93. The zero-order chi connectivity index (χ0) is 30.7. The van der Waals surface area contributed by atoms with Crippen LogP contribution < -0.4 is 25.6 Å². The number of hydrogen-bond donors (Lipinski definition) is 0. The van der Waals surface area contributed by atoms with E-state index in [0.717, 1.165) is 22.1 Å². The van der Waals surface area contributed by atoms with Gasteiger partial charge in [0.1, 0.15) is 0 Å². The summed E-state index contributed by atoms with van der Waals surface area (Å²) < 4.78 is 2.61. The molecule has 0 atom stereocenters. The molecule has 1 aliphatic rings. The van der Waals surface area contributed by atoms with Crippen LogP contribution in [0, 0.1) is 0 Å². The van der Waals surface area contributed by atoms with Crippen LogP contribution in [0.2, 0.25) is 5.02 Å². The van der Waals surface area contributed by atoms with Gasteiger partial charge in [-0.3, -0.25) is 0 Å². The van der Waals surface area contributed by atoms with Crippen molar-refractivity contribution in [3.63, 3.8) is 0 Å². The van der Waals surface area contributed by atoms with Gasteiger partial charge in [-0.2, -0.15) is 0 Å². The van der Waals surface area contributed by atoms with E-state index >= 15 is 0 Å². The lowest BCUT2D eigenvalue weighted by Crippen LogP contribution is -2.72. The van der Waals surface area contributed by atoms with Gasteiger partial charge >= 0.3 is 0 Å². The van der Waals surface area contributed by atoms with E-state index in [9.17, 15) is 0 Å². The molecule has 4 heteroatoms. The highest BCUT2D eigenvalue weighted by Gasteiger charge is 2.48. The van der Waals surface area contributed by atoms with Crippen molar-refractivity contribution in [2.24, 2.45) is 0 Å². The largest absolute Gasteiger partial charge is 0.310 e. The van der Waals surface area contributed by atoms with Crippen LogP contribution in [0.25, 0.3) is 31.3 Å². The van der Waals surface area contributed by atoms with Crippen molar-refractivity contribution in [1.29, 1.82) is 0 Å². The second-order valence-corrected chi connectivity index (χ2v) is 17.1. The smallest absolute Gasteiger partial charge is 0.180 e. The molecule has 0 amide bonds. The summed E-state index contributed by atoms with van der Waals surface area (Å²) in [5.41, 5.74) is 5.97. The van der Waals surface area contributed by atoms with Gasteiger partial charge in [-0.15, -0.1) is 11.3 Å². The van der Waals surface area contributed by atoms with E-state index in [0.29, 0.717) is 0 Å². The number of halogens is 1. The van der Waals surface area contributed by atoms with Crippen LogP contribution in [-0.2, 0) is 0 Å². The maximum atomic E-state index is 6.80. The quantitative estimate of drug-likeness (QED) is 0.169. The molecule has 0 unspecified atom stereocenters. The van der Waals surface area contributed by atoms with Crippen LogP contribution in [0.15, 0.2) is 170 Å². The highest BCUT2D eigenvalue weighted by molar-refractivity contribution is 7.26. The molecule has 2 heterocycles. The summed E-state index contributed by atoms with van der Waals surface area (Å²) in [6.07, 6.45) is 0. The van der Waals surface area contributed by atoms with Gasteiger partial charge < -0.3 is 4.90 Å². The second-order valence-electron chi connectivity index (χ2n) is 11.9. The molecule has 8 aromatic rings. The van der Waals surface area contributed by atoms with Gasteiger partial charge in [0.15, 0.2) is 8.07 Å². The molecule has 1 aliphatic heterocycles. The lowest BCUT2D eigenvalue weighted by atomic mass is 10.0. The molecular weight excluding hydrogens is 614 g/mol. The van der Waals surface area contributed by atoms with Crippen molar-refractivity contribution in [2.75, 3.05) is 4.90 Å². The molecule has 0 spiro atoms. The molecule has 0 saturated heterocycles. The van der Waals surface area contributed by atoms with Gasteiger partial charge in [0.2, 0.25) is 0 Å². The van der Waals surface area contributed by atoms with Crippen molar-refractivity contribution in [3.8, 4) is 11.1 Å². The maximum Gasteiger partial charge on any atom is 0.180 e. The summed E-state index contributed by atoms with van der Waals surface area (Å²) in [6, 6.07) is 62.1. The summed E-state index contributed by atoms with van der Waals surface area (Å²) in [5.74, 6) is 0. The van der Waals surface area contributed by atoms with E-state index in [4.69, 9.17) is 11.6 Å². The van der Waals surface area contributed by atoms with Crippen LogP contribution in [0.4, 0.5) is 17.1 Å². The Labute approximate surface area is 278 Å². The Balaban J connectivity index is 1.30. The highest BCUT2D eigenvalue weighted by atomic mass is 35.5. The molecule has 1 nitrogen and oxygen atoms in total. The van der Waals surface area contributed by atoms with Gasteiger partial charge in [-0.1, -0.05) is 127 Å². The van der Waals surface area contributed by atoms with Gasteiger partial charge in [0.05, 0.1) is 0 Å². The average Bonchev–Trinajstić information content (AvgIpc) is 3.62. The fourth-order valence-electron chi connectivity index (χ4n) is 7.47. The molecule has 0 bridgehead atoms. The van der Waals surface area contributed by atoms with Gasteiger partial charge in [-0.05, 0) is 86.5 Å². The molecule has 7 aromatic carbocycles. The Morgan fingerprint density at radius 1 is 0.435 bits per heavy atom. The van der Waals surface area contributed by atoms with Crippen molar-refractivity contribution < 1.29 is 0 Å². The third kappa shape index (κ3) is 4.13. The molecule has 0 saturated carbocycles. The number of hydrogen-bond acceptors (Lipinski definition) is 2. The topological polar surface area (TPSA) is 3.24 Å². The number of rotatable bonds is 5. The third-order valence-electron chi connectivity index (χ3n) is 9.39. The average molecular weight is 642 g/mol. The van der Waals surface area contributed by atoms with E-state index in [1.54, 1.807) is 0 Å². The molecular formula is C42H28ClNSSi. The maximum absolute atomic E-state index is 6.80. The lowest BCUT2D eigenvalue weighted by Gasteiger charge is -2.32. The van der Waals surface area contributed by atoms with E-state index < -0.39 is 8.07 Å². The Morgan fingerprint density at radius 3 is 1.78 bits per heavy atom. The molecule has 9 rings (SSSR count). The van der Waals surface area contributed by atoms with Crippen LogP contribution >= 0.6 is 22.9 Å². The summed E-state index contributed by atoms with van der Waals surface area (Å²) >= 11 is 8.66. The van der Waals surface area contributed by atoms with Crippen molar-refractivity contribution >= 4 is 89.0 Å². The van der Waals surface area contributed by atoms with Gasteiger partial charge in [-0.25, -0.2) is 0 Å². The second kappa shape index (κ2) is 10.9. The molecule has 0 radical (unpaired) electrons. The number of nitrogens with zero attached hydrogens (tertiary/aromatic N) is 1. The fourth-order valence-corrected chi connectivity index (χ4v) is 14.1. The number of benzene rings is 7. The molecule has 0 N–H and O–H groups in total. The zero-order valence-corrected chi connectivity index (χ0v) is 27.5. The lowest BCUT2D eigenvalue weighted by molar-refractivity contribution is 1.29. The summed E-state index contributed by atoms with van der Waals surface area (Å²) in [4.78, 5) is 2.40. The van der Waals surface area contributed by atoms with Crippen LogP contribution in [-0.4, -0.2) is 8.07 Å². The zero-order valence-electron chi connectivity index (χ0n) is 24.9. The van der Waals surface area contributed by atoms with E-state index in [1.807, 2.05) is 17.4 Å². The summed E-state index contributed by atoms with van der Waals surface area (Å²) in [6.45, 7) is 0. The minimum absolute atomic E-state index is 0.776. The van der Waals surface area contributed by atoms with Gasteiger partial charge in [0.25, 0.3) is 0 Å². The number of fused-ring (bicyclic) bond motifs is 6. The van der Waals surface area contributed by atoms with Crippen molar-refractivity contribution in [1.82, 2.24) is 0 Å². The summed E-state index contributed by atoms with van der Waals surface area (Å²) in [5, 5.41) is 8.88. The number of para-hydroxylation sites is 1. The molecule has 218 valence electrons. The minimum Gasteiger partial charge on any atom is -0.310 e. The summed E-state index contributed by atoms with van der Waals surface area (Å²) in [7, 11) is -2.63. The van der Waals surface area contributed by atoms with Crippen LogP contribution in [0.5, 0.6) is 0 Å². The number of anilines is 3. The standard InChI is InChI=1S/C42H28ClNSSi/c43-29-20-23-37-38-27-31(22-25-41(38)46(42(37)26-29,33-14-6-2-7-15-33)34-16-8-3-9-17-34)44(30-12-4-1-5-13-30)32-21-24-36-35-18-10-11-19-39(35)45-40(36)28-32/h1-28H. The van der Waals surface area contributed by atoms with E-state index in [-0.39, 0.29) is 0 Å². The first kappa shape index (κ1) is 27.4.